The molecular weight excluding hydrogens is 248 g/mol. The molecular formula is C17H28N2O. The van der Waals surface area contributed by atoms with E-state index in [0.29, 0.717) is 13.0 Å². The minimum Gasteiger partial charge on any atom is -0.326 e. The lowest BCUT2D eigenvalue weighted by molar-refractivity contribution is -0.116. The number of benzene rings is 1. The van der Waals surface area contributed by atoms with Gasteiger partial charge in [0, 0.05) is 18.7 Å². The van der Waals surface area contributed by atoms with Gasteiger partial charge in [-0.25, -0.2) is 0 Å². The first-order valence-electron chi connectivity index (χ1n) is 7.85. The summed E-state index contributed by atoms with van der Waals surface area (Å²) < 4.78 is 0. The molecule has 3 heteroatoms. The number of unbranched alkanes of at least 4 members (excludes halogenated alkanes) is 6. The lowest BCUT2D eigenvalue weighted by atomic mass is 10.1. The number of carbonyl (C=O) groups excluding carboxylic acids is 1. The van der Waals surface area contributed by atoms with Gasteiger partial charge in [0.2, 0.25) is 5.91 Å². The molecule has 20 heavy (non-hydrogen) atoms. The predicted octanol–water partition coefficient (Wildman–Crippen LogP) is 4.22. The van der Waals surface area contributed by atoms with E-state index in [1.807, 2.05) is 24.3 Å². The molecule has 1 aromatic carbocycles. The smallest absolute Gasteiger partial charge is 0.224 e. The first-order valence-corrected chi connectivity index (χ1v) is 7.85. The van der Waals surface area contributed by atoms with Gasteiger partial charge in [-0.05, 0) is 24.1 Å². The summed E-state index contributed by atoms with van der Waals surface area (Å²) in [5, 5.41) is 2.93. The molecule has 3 nitrogen and oxygen atoms in total. The van der Waals surface area contributed by atoms with E-state index >= 15 is 0 Å². The number of carbonyl (C=O) groups is 1. The van der Waals surface area contributed by atoms with Crippen molar-refractivity contribution in [2.75, 3.05) is 5.32 Å². The van der Waals surface area contributed by atoms with E-state index in [-0.39, 0.29) is 5.91 Å². The highest BCUT2D eigenvalue weighted by molar-refractivity contribution is 5.90. The van der Waals surface area contributed by atoms with Crippen molar-refractivity contribution >= 4 is 11.6 Å². The van der Waals surface area contributed by atoms with Crippen LogP contribution in [-0.4, -0.2) is 5.91 Å². The fourth-order valence-electron chi connectivity index (χ4n) is 2.24. The Kier molecular flexibility index (Phi) is 8.72. The Morgan fingerprint density at radius 3 is 2.50 bits per heavy atom. The van der Waals surface area contributed by atoms with Crippen LogP contribution in [0, 0.1) is 0 Å². The standard InChI is InChI=1S/C17H28N2O/c1-2-3-4-5-6-7-8-12-17(20)19-16-11-9-10-15(13-16)14-18/h9-11,13H,2-8,12,14,18H2,1H3,(H,19,20). The van der Waals surface area contributed by atoms with Crippen LogP contribution in [-0.2, 0) is 11.3 Å². The van der Waals surface area contributed by atoms with Crippen molar-refractivity contribution in [3.8, 4) is 0 Å². The van der Waals surface area contributed by atoms with E-state index in [1.54, 1.807) is 0 Å². The van der Waals surface area contributed by atoms with Crippen LogP contribution in [0.1, 0.15) is 63.9 Å². The molecule has 0 saturated heterocycles. The fourth-order valence-corrected chi connectivity index (χ4v) is 2.24. The number of nitrogens with two attached hydrogens (primary N) is 1. The highest BCUT2D eigenvalue weighted by atomic mass is 16.1. The molecule has 0 bridgehead atoms. The van der Waals surface area contributed by atoms with Crippen molar-refractivity contribution < 1.29 is 4.79 Å². The molecule has 0 aromatic heterocycles. The SMILES string of the molecule is CCCCCCCCCC(=O)Nc1cccc(CN)c1. The molecule has 1 aromatic rings. The topological polar surface area (TPSA) is 55.1 Å². The highest BCUT2D eigenvalue weighted by Crippen LogP contribution is 2.12. The van der Waals surface area contributed by atoms with Crippen LogP contribution < -0.4 is 11.1 Å². The summed E-state index contributed by atoms with van der Waals surface area (Å²) >= 11 is 0. The van der Waals surface area contributed by atoms with Crippen LogP contribution in [0.4, 0.5) is 5.69 Å². The molecule has 1 amide bonds. The number of rotatable bonds is 10. The molecule has 1 rings (SSSR count). The maximum absolute atomic E-state index is 11.8. The van der Waals surface area contributed by atoms with Gasteiger partial charge in [0.15, 0.2) is 0 Å². The number of hydrogen-bond acceptors (Lipinski definition) is 2. The van der Waals surface area contributed by atoms with Gasteiger partial charge in [-0.2, -0.15) is 0 Å². The summed E-state index contributed by atoms with van der Waals surface area (Å²) in [5.74, 6) is 0.104. The first kappa shape index (κ1) is 16.7. The van der Waals surface area contributed by atoms with Crippen LogP contribution in [0.5, 0.6) is 0 Å². The molecule has 0 aliphatic carbocycles. The minimum absolute atomic E-state index is 0.104. The summed E-state index contributed by atoms with van der Waals surface area (Å²) in [4.78, 5) is 11.8. The molecule has 0 saturated carbocycles. The van der Waals surface area contributed by atoms with Crippen LogP contribution in [0.25, 0.3) is 0 Å². The second-order valence-electron chi connectivity index (χ2n) is 5.32. The summed E-state index contributed by atoms with van der Waals surface area (Å²) in [6.45, 7) is 2.73. The molecule has 3 N–H and O–H groups in total. The Bertz CT molecular complexity index is 390. The molecule has 0 aliphatic rings. The van der Waals surface area contributed by atoms with Gasteiger partial charge in [0.1, 0.15) is 0 Å². The number of amides is 1. The van der Waals surface area contributed by atoms with Gasteiger partial charge in [-0.3, -0.25) is 4.79 Å². The average molecular weight is 276 g/mol. The lowest BCUT2D eigenvalue weighted by Gasteiger charge is -2.06. The van der Waals surface area contributed by atoms with Crippen molar-refractivity contribution in [3.05, 3.63) is 29.8 Å². The Labute approximate surface area is 122 Å². The number of nitrogens with one attached hydrogen (secondary N) is 1. The average Bonchev–Trinajstić information content (AvgIpc) is 2.46. The van der Waals surface area contributed by atoms with E-state index in [0.717, 1.165) is 24.1 Å². The summed E-state index contributed by atoms with van der Waals surface area (Å²) in [6.07, 6.45) is 9.23. The zero-order valence-electron chi connectivity index (χ0n) is 12.7. The quantitative estimate of drug-likeness (QED) is 0.628. The second-order valence-corrected chi connectivity index (χ2v) is 5.32. The van der Waals surface area contributed by atoms with Crippen molar-refractivity contribution in [1.82, 2.24) is 0 Å². The Morgan fingerprint density at radius 1 is 1.10 bits per heavy atom. The molecule has 0 atom stereocenters. The van der Waals surface area contributed by atoms with Crippen LogP contribution in [0.15, 0.2) is 24.3 Å². The number of anilines is 1. The van der Waals surface area contributed by atoms with Gasteiger partial charge in [0.25, 0.3) is 0 Å². The van der Waals surface area contributed by atoms with Gasteiger partial charge in [-0.15, -0.1) is 0 Å². The zero-order chi connectivity index (χ0) is 14.6. The van der Waals surface area contributed by atoms with Gasteiger partial charge < -0.3 is 11.1 Å². The van der Waals surface area contributed by atoms with Crippen LogP contribution in [0.3, 0.4) is 0 Å². The zero-order valence-corrected chi connectivity index (χ0v) is 12.7. The normalized spacial score (nSPS) is 10.5. The van der Waals surface area contributed by atoms with Crippen LogP contribution in [0.2, 0.25) is 0 Å². The van der Waals surface area contributed by atoms with Crippen molar-refractivity contribution in [3.63, 3.8) is 0 Å². The van der Waals surface area contributed by atoms with Gasteiger partial charge in [0.05, 0.1) is 0 Å². The molecule has 0 unspecified atom stereocenters. The third-order valence-corrected chi connectivity index (χ3v) is 3.45. The molecule has 0 radical (unpaired) electrons. The van der Waals surface area contributed by atoms with E-state index in [2.05, 4.69) is 12.2 Å². The predicted molar refractivity (Wildman–Crippen MR) is 85.6 cm³/mol. The van der Waals surface area contributed by atoms with E-state index in [9.17, 15) is 4.79 Å². The highest BCUT2D eigenvalue weighted by Gasteiger charge is 2.02. The largest absolute Gasteiger partial charge is 0.326 e. The maximum Gasteiger partial charge on any atom is 0.224 e. The fraction of sp³-hybridized carbons (Fsp3) is 0.588. The first-order chi connectivity index (χ1) is 9.76. The van der Waals surface area contributed by atoms with Crippen molar-refractivity contribution in [1.29, 1.82) is 0 Å². The Balaban J connectivity index is 2.13. The molecule has 0 aliphatic heterocycles. The third-order valence-electron chi connectivity index (χ3n) is 3.45. The lowest BCUT2D eigenvalue weighted by Crippen LogP contribution is -2.11. The minimum atomic E-state index is 0.104. The van der Waals surface area contributed by atoms with Crippen LogP contribution >= 0.6 is 0 Å². The van der Waals surface area contributed by atoms with E-state index in [1.165, 1.54) is 32.1 Å². The van der Waals surface area contributed by atoms with Crippen molar-refractivity contribution in [2.24, 2.45) is 5.73 Å². The Morgan fingerprint density at radius 2 is 1.80 bits per heavy atom. The molecule has 0 spiro atoms. The summed E-state index contributed by atoms with van der Waals surface area (Å²) in [5.41, 5.74) is 7.47. The summed E-state index contributed by atoms with van der Waals surface area (Å²) in [6, 6.07) is 7.72. The number of hydrogen-bond donors (Lipinski definition) is 2. The molecule has 112 valence electrons. The maximum atomic E-state index is 11.8. The van der Waals surface area contributed by atoms with Gasteiger partial charge >= 0.3 is 0 Å². The molecule has 0 heterocycles. The summed E-state index contributed by atoms with van der Waals surface area (Å²) in [7, 11) is 0. The van der Waals surface area contributed by atoms with Crippen molar-refractivity contribution in [2.45, 2.75) is 64.8 Å². The van der Waals surface area contributed by atoms with E-state index in [4.69, 9.17) is 5.73 Å². The molecule has 0 fully saturated rings. The second kappa shape index (κ2) is 10.4. The van der Waals surface area contributed by atoms with E-state index < -0.39 is 0 Å². The monoisotopic (exact) mass is 276 g/mol. The Hall–Kier alpha value is -1.35. The third kappa shape index (κ3) is 7.29. The van der Waals surface area contributed by atoms with Gasteiger partial charge in [-0.1, -0.05) is 57.6 Å².